The van der Waals surface area contributed by atoms with Crippen molar-refractivity contribution in [2.45, 2.75) is 24.4 Å². The van der Waals surface area contributed by atoms with Gasteiger partial charge < -0.3 is 20.3 Å². The zero-order chi connectivity index (χ0) is 22.6. The van der Waals surface area contributed by atoms with Crippen LogP contribution in [-0.4, -0.2) is 69.8 Å². The van der Waals surface area contributed by atoms with E-state index in [0.717, 1.165) is 54.4 Å². The van der Waals surface area contributed by atoms with Crippen LogP contribution in [0.25, 0.3) is 11.0 Å². The first kappa shape index (κ1) is 22.0. The summed E-state index contributed by atoms with van der Waals surface area (Å²) in [6.45, 7) is 4.77. The number of nitrogens with zero attached hydrogens (tertiary/aromatic N) is 5. The van der Waals surface area contributed by atoms with Gasteiger partial charge in [0.25, 0.3) is 0 Å². The molecule has 10 heteroatoms. The first-order valence-corrected chi connectivity index (χ1v) is 12.2. The van der Waals surface area contributed by atoms with E-state index in [9.17, 15) is 4.79 Å². The lowest BCUT2D eigenvalue weighted by Crippen LogP contribution is -2.28. The van der Waals surface area contributed by atoms with Gasteiger partial charge in [-0.3, -0.25) is 4.79 Å². The smallest absolute Gasteiger partial charge is 0.236 e. The number of benzene rings is 1. The Kier molecular flexibility index (Phi) is 6.65. The molecule has 33 heavy (non-hydrogen) atoms. The van der Waals surface area contributed by atoms with Crippen molar-refractivity contribution in [3.05, 3.63) is 41.9 Å². The SMILES string of the molecule is COc1cnc2cccc(CCN3CC[C@@H](CNCc4cnc5c(n4)NC(=O)CS5)C3)c2n1. The van der Waals surface area contributed by atoms with Gasteiger partial charge in [0, 0.05) is 19.6 Å². The van der Waals surface area contributed by atoms with E-state index in [4.69, 9.17) is 4.74 Å². The highest BCUT2D eigenvalue weighted by Gasteiger charge is 2.22. The molecule has 2 aliphatic rings. The van der Waals surface area contributed by atoms with Crippen LogP contribution in [-0.2, 0) is 17.8 Å². The van der Waals surface area contributed by atoms with E-state index in [1.807, 2.05) is 12.1 Å². The average molecular weight is 466 g/mol. The number of amides is 1. The molecule has 1 aromatic carbocycles. The number of anilines is 1. The third kappa shape index (κ3) is 5.23. The summed E-state index contributed by atoms with van der Waals surface area (Å²) >= 11 is 1.43. The lowest BCUT2D eigenvalue weighted by atomic mass is 10.1. The van der Waals surface area contributed by atoms with Crippen LogP contribution < -0.4 is 15.4 Å². The fraction of sp³-hybridized carbons (Fsp3) is 0.435. The highest BCUT2D eigenvalue weighted by molar-refractivity contribution is 8.00. The molecule has 0 unspecified atom stereocenters. The Bertz CT molecular complexity index is 1160. The minimum Gasteiger partial charge on any atom is -0.480 e. The van der Waals surface area contributed by atoms with Crippen LogP contribution >= 0.6 is 11.8 Å². The van der Waals surface area contributed by atoms with Gasteiger partial charge in [-0.15, -0.1) is 0 Å². The molecule has 0 saturated carbocycles. The lowest BCUT2D eigenvalue weighted by molar-refractivity contribution is -0.113. The Morgan fingerprint density at radius 1 is 1.27 bits per heavy atom. The number of nitrogens with one attached hydrogen (secondary N) is 2. The molecule has 0 spiro atoms. The van der Waals surface area contributed by atoms with Crippen LogP contribution in [0.1, 0.15) is 17.7 Å². The molecule has 4 heterocycles. The lowest BCUT2D eigenvalue weighted by Gasteiger charge is -2.17. The van der Waals surface area contributed by atoms with Crippen molar-refractivity contribution in [1.29, 1.82) is 0 Å². The first-order valence-electron chi connectivity index (χ1n) is 11.2. The van der Waals surface area contributed by atoms with E-state index in [1.54, 1.807) is 19.5 Å². The topological polar surface area (TPSA) is 105 Å². The molecule has 2 aliphatic heterocycles. The number of rotatable bonds is 8. The van der Waals surface area contributed by atoms with Crippen LogP contribution in [0, 0.1) is 5.92 Å². The summed E-state index contributed by atoms with van der Waals surface area (Å²) in [7, 11) is 1.62. The number of hydrogen-bond donors (Lipinski definition) is 2. The van der Waals surface area contributed by atoms with Gasteiger partial charge in [0.05, 0.1) is 42.0 Å². The predicted octanol–water partition coefficient (Wildman–Crippen LogP) is 2.13. The number of fused-ring (bicyclic) bond motifs is 2. The third-order valence-electron chi connectivity index (χ3n) is 6.04. The van der Waals surface area contributed by atoms with Crippen molar-refractivity contribution in [2.24, 2.45) is 5.92 Å². The van der Waals surface area contributed by atoms with Crippen molar-refractivity contribution in [3.63, 3.8) is 0 Å². The summed E-state index contributed by atoms with van der Waals surface area (Å²) in [6, 6.07) is 6.16. The molecule has 1 fully saturated rings. The number of methoxy groups -OCH3 is 1. The van der Waals surface area contributed by atoms with Crippen molar-refractivity contribution in [2.75, 3.05) is 44.4 Å². The van der Waals surface area contributed by atoms with Gasteiger partial charge in [0.1, 0.15) is 5.03 Å². The molecule has 1 saturated heterocycles. The number of aromatic nitrogens is 4. The number of thioether (sulfide) groups is 1. The zero-order valence-electron chi connectivity index (χ0n) is 18.6. The standard InChI is InChI=1S/C23H27N7O2S/c1-32-20-12-25-18-4-2-3-16(21(18)29-20)6-8-30-7-5-15(13-30)9-24-10-17-11-26-23-22(27-17)28-19(31)14-33-23/h2-4,11-12,15,24H,5-10,13-14H2,1H3,(H,27,28,31)/t15-/m0/s1. The van der Waals surface area contributed by atoms with E-state index in [2.05, 4.69) is 41.5 Å². The van der Waals surface area contributed by atoms with E-state index in [1.165, 1.54) is 23.7 Å². The van der Waals surface area contributed by atoms with E-state index < -0.39 is 0 Å². The van der Waals surface area contributed by atoms with Crippen molar-refractivity contribution < 1.29 is 9.53 Å². The largest absolute Gasteiger partial charge is 0.480 e. The van der Waals surface area contributed by atoms with Crippen LogP contribution in [0.4, 0.5) is 5.82 Å². The first-order chi connectivity index (χ1) is 16.2. The summed E-state index contributed by atoms with van der Waals surface area (Å²) in [5.74, 6) is 2.12. The van der Waals surface area contributed by atoms with Gasteiger partial charge in [0.15, 0.2) is 5.82 Å². The minimum atomic E-state index is -0.0207. The number of likely N-dealkylation sites (tertiary alicyclic amines) is 1. The van der Waals surface area contributed by atoms with Crippen molar-refractivity contribution in [3.8, 4) is 5.88 Å². The van der Waals surface area contributed by atoms with Gasteiger partial charge in [-0.1, -0.05) is 23.9 Å². The molecule has 3 aromatic rings. The van der Waals surface area contributed by atoms with Crippen molar-refractivity contribution in [1.82, 2.24) is 30.2 Å². The molecule has 1 amide bonds. The number of hydrogen-bond acceptors (Lipinski definition) is 9. The summed E-state index contributed by atoms with van der Waals surface area (Å²) in [5, 5.41) is 7.10. The molecule has 1 atom stereocenters. The fourth-order valence-corrected chi connectivity index (χ4v) is 5.03. The van der Waals surface area contributed by atoms with E-state index >= 15 is 0 Å². The summed E-state index contributed by atoms with van der Waals surface area (Å²) < 4.78 is 5.25. The van der Waals surface area contributed by atoms with Gasteiger partial charge in [0.2, 0.25) is 11.8 Å². The molecule has 2 aromatic heterocycles. The number of para-hydroxylation sites is 1. The summed E-state index contributed by atoms with van der Waals surface area (Å²) in [5.41, 5.74) is 3.88. The maximum atomic E-state index is 11.6. The highest BCUT2D eigenvalue weighted by Crippen LogP contribution is 2.27. The molecule has 0 radical (unpaired) electrons. The molecular weight excluding hydrogens is 438 g/mol. The summed E-state index contributed by atoms with van der Waals surface area (Å²) in [6.07, 6.45) is 5.57. The zero-order valence-corrected chi connectivity index (χ0v) is 19.4. The Hall–Kier alpha value is -2.82. The van der Waals surface area contributed by atoms with Crippen LogP contribution in [0.3, 0.4) is 0 Å². The second kappa shape index (κ2) is 9.98. The molecule has 2 N–H and O–H groups in total. The van der Waals surface area contributed by atoms with Gasteiger partial charge in [-0.05, 0) is 43.5 Å². The quantitative estimate of drug-likeness (QED) is 0.517. The fourth-order valence-electron chi connectivity index (χ4n) is 4.33. The maximum absolute atomic E-state index is 11.6. The normalized spacial score (nSPS) is 18.3. The Labute approximate surface area is 196 Å². The van der Waals surface area contributed by atoms with Gasteiger partial charge in [-0.2, -0.15) is 0 Å². The highest BCUT2D eigenvalue weighted by atomic mass is 32.2. The van der Waals surface area contributed by atoms with Gasteiger partial charge in [-0.25, -0.2) is 19.9 Å². The Morgan fingerprint density at radius 2 is 2.21 bits per heavy atom. The van der Waals surface area contributed by atoms with Crippen molar-refractivity contribution >= 4 is 34.5 Å². The third-order valence-corrected chi connectivity index (χ3v) is 7.02. The molecule has 0 bridgehead atoms. The predicted molar refractivity (Wildman–Crippen MR) is 127 cm³/mol. The average Bonchev–Trinajstić information content (AvgIpc) is 3.29. The van der Waals surface area contributed by atoms with Crippen LogP contribution in [0.2, 0.25) is 0 Å². The van der Waals surface area contributed by atoms with E-state index in [-0.39, 0.29) is 5.91 Å². The minimum absolute atomic E-state index is 0.0207. The van der Waals surface area contributed by atoms with Crippen LogP contribution in [0.15, 0.2) is 35.6 Å². The second-order valence-corrected chi connectivity index (χ2v) is 9.35. The Balaban J connectivity index is 1.10. The number of ether oxygens (including phenoxy) is 1. The summed E-state index contributed by atoms with van der Waals surface area (Å²) in [4.78, 5) is 32.1. The number of carbonyl (C=O) groups is 1. The molecule has 0 aliphatic carbocycles. The Morgan fingerprint density at radius 3 is 3.12 bits per heavy atom. The monoisotopic (exact) mass is 465 g/mol. The van der Waals surface area contributed by atoms with Crippen LogP contribution in [0.5, 0.6) is 5.88 Å². The molecular formula is C23H27N7O2S. The number of carbonyl (C=O) groups excluding carboxylic acids is 1. The molecule has 172 valence electrons. The van der Waals surface area contributed by atoms with E-state index in [0.29, 0.717) is 29.9 Å². The van der Waals surface area contributed by atoms with Gasteiger partial charge >= 0.3 is 0 Å². The maximum Gasteiger partial charge on any atom is 0.236 e. The molecule has 9 nitrogen and oxygen atoms in total. The molecule has 5 rings (SSSR count). The second-order valence-electron chi connectivity index (χ2n) is 8.39.